The van der Waals surface area contributed by atoms with E-state index < -0.39 is 0 Å². The summed E-state index contributed by atoms with van der Waals surface area (Å²) < 4.78 is 5.68. The molecule has 3 heteroatoms. The van der Waals surface area contributed by atoms with Gasteiger partial charge in [0.2, 0.25) is 0 Å². The van der Waals surface area contributed by atoms with Crippen molar-refractivity contribution in [3.63, 3.8) is 0 Å². The molecule has 1 aromatic heterocycles. The van der Waals surface area contributed by atoms with E-state index in [0.29, 0.717) is 6.61 Å². The highest BCUT2D eigenvalue weighted by Crippen LogP contribution is 2.27. The van der Waals surface area contributed by atoms with E-state index >= 15 is 0 Å². The van der Waals surface area contributed by atoms with Crippen molar-refractivity contribution < 1.29 is 4.74 Å². The first-order valence-corrected chi connectivity index (χ1v) is 5.12. The van der Waals surface area contributed by atoms with Crippen molar-refractivity contribution in [2.24, 2.45) is 0 Å². The number of H-pyrrole nitrogens is 1. The van der Waals surface area contributed by atoms with Crippen molar-refractivity contribution in [1.29, 1.82) is 0 Å². The Morgan fingerprint density at radius 2 is 2.25 bits per heavy atom. The van der Waals surface area contributed by atoms with Gasteiger partial charge in [0.1, 0.15) is 12.4 Å². The number of para-hydroxylation sites is 1. The van der Waals surface area contributed by atoms with Gasteiger partial charge in [-0.1, -0.05) is 18.7 Å². The van der Waals surface area contributed by atoms with E-state index in [1.165, 1.54) is 0 Å². The van der Waals surface area contributed by atoms with E-state index in [1.807, 2.05) is 31.2 Å². The fourth-order valence-corrected chi connectivity index (χ4v) is 1.42. The van der Waals surface area contributed by atoms with E-state index in [-0.39, 0.29) is 0 Å². The molecule has 0 spiro atoms. The van der Waals surface area contributed by atoms with Crippen molar-refractivity contribution in [2.45, 2.75) is 6.92 Å². The summed E-state index contributed by atoms with van der Waals surface area (Å²) in [6.45, 7) is 6.29. The minimum atomic E-state index is 0.533. The van der Waals surface area contributed by atoms with Crippen molar-refractivity contribution in [2.75, 3.05) is 6.61 Å². The zero-order chi connectivity index (χ0) is 11.4. The maximum absolute atomic E-state index is 5.68. The van der Waals surface area contributed by atoms with Crippen LogP contribution in [0.5, 0.6) is 5.75 Å². The predicted octanol–water partition coefficient (Wildman–Crippen LogP) is 3.03. The Morgan fingerprint density at radius 1 is 1.44 bits per heavy atom. The smallest absolute Gasteiger partial charge is 0.129 e. The summed E-state index contributed by atoms with van der Waals surface area (Å²) in [4.78, 5) is 7.07. The highest BCUT2D eigenvalue weighted by molar-refractivity contribution is 5.66. The van der Waals surface area contributed by atoms with Gasteiger partial charge in [0, 0.05) is 5.56 Å². The molecule has 0 aliphatic rings. The molecule has 1 N–H and O–H groups in total. The number of nitrogens with one attached hydrogen (secondary N) is 1. The van der Waals surface area contributed by atoms with Crippen LogP contribution in [0.15, 0.2) is 48.9 Å². The molecule has 0 unspecified atom stereocenters. The second-order valence-electron chi connectivity index (χ2n) is 3.71. The zero-order valence-electron chi connectivity index (χ0n) is 9.23. The maximum Gasteiger partial charge on any atom is 0.129 e. The van der Waals surface area contributed by atoms with Gasteiger partial charge < -0.3 is 9.72 Å². The maximum atomic E-state index is 5.68. The van der Waals surface area contributed by atoms with Crippen LogP contribution in [0, 0.1) is 0 Å². The number of nitrogens with zero attached hydrogens (tertiary/aromatic N) is 1. The second-order valence-corrected chi connectivity index (χ2v) is 3.71. The van der Waals surface area contributed by atoms with Crippen LogP contribution in [0.2, 0.25) is 0 Å². The Morgan fingerprint density at radius 3 is 2.94 bits per heavy atom. The highest BCUT2D eigenvalue weighted by Gasteiger charge is 2.06. The van der Waals surface area contributed by atoms with Gasteiger partial charge in [0.05, 0.1) is 18.2 Å². The molecule has 0 aliphatic heterocycles. The third-order valence-corrected chi connectivity index (χ3v) is 2.15. The topological polar surface area (TPSA) is 37.9 Å². The highest BCUT2D eigenvalue weighted by atomic mass is 16.5. The lowest BCUT2D eigenvalue weighted by Gasteiger charge is -2.09. The van der Waals surface area contributed by atoms with Crippen LogP contribution >= 0.6 is 0 Å². The fraction of sp³-hybridized carbons (Fsp3) is 0.154. The first-order valence-electron chi connectivity index (χ1n) is 5.12. The number of aromatic nitrogens is 2. The SMILES string of the molecule is C=C(C)COc1ccccc1-c1cnc[nH]1. The standard InChI is InChI=1S/C13H14N2O/c1-10(2)8-16-13-6-4-3-5-11(13)12-7-14-9-15-12/h3-7,9H,1,8H2,2H3,(H,14,15). The summed E-state index contributed by atoms with van der Waals surface area (Å²) in [5.74, 6) is 0.842. The normalized spacial score (nSPS) is 10.1. The van der Waals surface area contributed by atoms with Crippen LogP contribution in [0.3, 0.4) is 0 Å². The van der Waals surface area contributed by atoms with Crippen LogP contribution in [0.1, 0.15) is 6.92 Å². The van der Waals surface area contributed by atoms with Crippen molar-refractivity contribution >= 4 is 0 Å². The van der Waals surface area contributed by atoms with Gasteiger partial charge in [-0.25, -0.2) is 4.98 Å². The van der Waals surface area contributed by atoms with Gasteiger partial charge in [0.15, 0.2) is 0 Å². The van der Waals surface area contributed by atoms with Crippen molar-refractivity contribution in [1.82, 2.24) is 9.97 Å². The minimum Gasteiger partial charge on any atom is -0.489 e. The van der Waals surface area contributed by atoms with Crippen LogP contribution in [-0.4, -0.2) is 16.6 Å². The van der Waals surface area contributed by atoms with Gasteiger partial charge in [-0.05, 0) is 24.6 Å². The van der Waals surface area contributed by atoms with E-state index in [9.17, 15) is 0 Å². The molecule has 0 aliphatic carbocycles. The van der Waals surface area contributed by atoms with E-state index in [4.69, 9.17) is 4.74 Å². The number of aromatic amines is 1. The molecule has 0 amide bonds. The molecule has 2 aromatic rings. The largest absolute Gasteiger partial charge is 0.489 e. The number of hydrogen-bond acceptors (Lipinski definition) is 2. The fourth-order valence-electron chi connectivity index (χ4n) is 1.42. The van der Waals surface area contributed by atoms with E-state index in [1.54, 1.807) is 12.5 Å². The van der Waals surface area contributed by atoms with Gasteiger partial charge in [-0.3, -0.25) is 0 Å². The third-order valence-electron chi connectivity index (χ3n) is 2.15. The van der Waals surface area contributed by atoms with Crippen LogP contribution in [0.4, 0.5) is 0 Å². The lowest BCUT2D eigenvalue weighted by atomic mass is 10.1. The Kier molecular flexibility index (Phi) is 3.05. The minimum absolute atomic E-state index is 0.533. The van der Waals surface area contributed by atoms with Gasteiger partial charge in [-0.2, -0.15) is 0 Å². The Balaban J connectivity index is 2.27. The number of ether oxygens (including phenoxy) is 1. The second kappa shape index (κ2) is 4.66. The molecule has 3 nitrogen and oxygen atoms in total. The quantitative estimate of drug-likeness (QED) is 0.794. The summed E-state index contributed by atoms with van der Waals surface area (Å²) in [7, 11) is 0. The van der Waals surface area contributed by atoms with E-state index in [0.717, 1.165) is 22.6 Å². The summed E-state index contributed by atoms with van der Waals surface area (Å²) in [5, 5.41) is 0. The Labute approximate surface area is 94.8 Å². The van der Waals surface area contributed by atoms with Crippen LogP contribution in [-0.2, 0) is 0 Å². The molecule has 0 saturated heterocycles. The predicted molar refractivity (Wildman–Crippen MR) is 64.3 cm³/mol. The average molecular weight is 214 g/mol. The number of benzene rings is 1. The molecule has 82 valence electrons. The third kappa shape index (κ3) is 2.31. The summed E-state index contributed by atoms with van der Waals surface area (Å²) in [5.41, 5.74) is 2.97. The van der Waals surface area contributed by atoms with Crippen LogP contribution in [0.25, 0.3) is 11.3 Å². The number of hydrogen-bond donors (Lipinski definition) is 1. The number of imidazole rings is 1. The molecule has 0 bridgehead atoms. The zero-order valence-corrected chi connectivity index (χ0v) is 9.23. The van der Waals surface area contributed by atoms with Crippen molar-refractivity contribution in [3.05, 3.63) is 48.9 Å². The first kappa shape index (κ1) is 10.5. The van der Waals surface area contributed by atoms with E-state index in [2.05, 4.69) is 16.5 Å². The lowest BCUT2D eigenvalue weighted by molar-refractivity contribution is 0.354. The first-order chi connectivity index (χ1) is 7.77. The summed E-state index contributed by atoms with van der Waals surface area (Å²) in [6.07, 6.45) is 3.44. The Hall–Kier alpha value is -2.03. The molecular weight excluding hydrogens is 200 g/mol. The summed E-state index contributed by atoms with van der Waals surface area (Å²) in [6, 6.07) is 7.87. The van der Waals surface area contributed by atoms with Gasteiger partial charge in [0.25, 0.3) is 0 Å². The number of rotatable bonds is 4. The molecule has 0 saturated carbocycles. The van der Waals surface area contributed by atoms with Gasteiger partial charge in [-0.15, -0.1) is 0 Å². The average Bonchev–Trinajstić information content (AvgIpc) is 2.80. The molecule has 0 atom stereocenters. The lowest BCUT2D eigenvalue weighted by Crippen LogP contribution is -1.98. The molecule has 1 heterocycles. The van der Waals surface area contributed by atoms with Crippen molar-refractivity contribution in [3.8, 4) is 17.0 Å². The monoisotopic (exact) mass is 214 g/mol. The summed E-state index contributed by atoms with van der Waals surface area (Å²) >= 11 is 0. The molecule has 16 heavy (non-hydrogen) atoms. The Bertz CT molecular complexity index is 474. The molecule has 1 aromatic carbocycles. The molecule has 2 rings (SSSR count). The van der Waals surface area contributed by atoms with Gasteiger partial charge >= 0.3 is 0 Å². The molecule has 0 radical (unpaired) electrons. The molecular formula is C13H14N2O. The van der Waals surface area contributed by atoms with Crippen LogP contribution < -0.4 is 4.74 Å². The molecule has 0 fully saturated rings.